The number of nitrogens with zero attached hydrogens (tertiary/aromatic N) is 2. The van der Waals surface area contributed by atoms with Crippen molar-refractivity contribution in [2.45, 2.75) is 33.8 Å². The lowest BCUT2D eigenvalue weighted by atomic mass is 10.1. The SMILES string of the molecule is Cc1ccc(N2CCN(C(=O)[C@@H](C)Oc3cc(C)ccc3C)CC2=O)cc1. The highest BCUT2D eigenvalue weighted by Gasteiger charge is 2.31. The highest BCUT2D eigenvalue weighted by Crippen LogP contribution is 2.22. The van der Waals surface area contributed by atoms with Gasteiger partial charge in [-0.3, -0.25) is 9.59 Å². The molecule has 0 unspecified atom stereocenters. The fourth-order valence-electron chi connectivity index (χ4n) is 3.19. The molecule has 0 aliphatic carbocycles. The number of carbonyl (C=O) groups excluding carboxylic acids is 2. The first kappa shape index (κ1) is 19.0. The van der Waals surface area contributed by atoms with Crippen molar-refractivity contribution < 1.29 is 14.3 Å². The van der Waals surface area contributed by atoms with Crippen molar-refractivity contribution in [3.63, 3.8) is 0 Å². The summed E-state index contributed by atoms with van der Waals surface area (Å²) < 4.78 is 5.88. The molecule has 1 aliphatic heterocycles. The molecule has 2 aromatic carbocycles. The van der Waals surface area contributed by atoms with Gasteiger partial charge in [-0.1, -0.05) is 29.8 Å². The molecule has 1 fully saturated rings. The molecule has 2 amide bonds. The number of ether oxygens (including phenoxy) is 1. The molecule has 0 spiro atoms. The average Bonchev–Trinajstić information content (AvgIpc) is 2.65. The van der Waals surface area contributed by atoms with E-state index in [4.69, 9.17) is 4.74 Å². The lowest BCUT2D eigenvalue weighted by molar-refractivity contribution is -0.142. The van der Waals surface area contributed by atoms with Crippen molar-refractivity contribution in [3.8, 4) is 5.75 Å². The summed E-state index contributed by atoms with van der Waals surface area (Å²) in [7, 11) is 0. The molecule has 1 atom stereocenters. The molecule has 5 heteroatoms. The van der Waals surface area contributed by atoms with E-state index in [1.807, 2.05) is 63.2 Å². The van der Waals surface area contributed by atoms with Crippen LogP contribution in [0.15, 0.2) is 42.5 Å². The molecule has 142 valence electrons. The highest BCUT2D eigenvalue weighted by molar-refractivity contribution is 5.98. The van der Waals surface area contributed by atoms with Crippen LogP contribution in [0.5, 0.6) is 5.75 Å². The van der Waals surface area contributed by atoms with Gasteiger partial charge in [-0.15, -0.1) is 0 Å². The van der Waals surface area contributed by atoms with E-state index >= 15 is 0 Å². The van der Waals surface area contributed by atoms with E-state index < -0.39 is 6.10 Å². The van der Waals surface area contributed by atoms with Crippen LogP contribution in [0.1, 0.15) is 23.6 Å². The van der Waals surface area contributed by atoms with Gasteiger partial charge in [0.05, 0.1) is 0 Å². The molecule has 3 rings (SSSR count). The number of hydrogen-bond acceptors (Lipinski definition) is 3. The summed E-state index contributed by atoms with van der Waals surface area (Å²) in [6, 6.07) is 13.8. The number of rotatable bonds is 4. The number of amides is 2. The summed E-state index contributed by atoms with van der Waals surface area (Å²) in [4.78, 5) is 28.6. The number of carbonyl (C=O) groups is 2. The Hall–Kier alpha value is -2.82. The second-order valence-corrected chi connectivity index (χ2v) is 7.17. The number of piperazine rings is 1. The third-order valence-corrected chi connectivity index (χ3v) is 4.87. The van der Waals surface area contributed by atoms with Crippen LogP contribution in [0, 0.1) is 20.8 Å². The van der Waals surface area contributed by atoms with E-state index in [9.17, 15) is 9.59 Å². The van der Waals surface area contributed by atoms with Crippen LogP contribution in [0.4, 0.5) is 5.69 Å². The van der Waals surface area contributed by atoms with Gasteiger partial charge in [0.2, 0.25) is 5.91 Å². The Bertz CT molecular complexity index is 845. The van der Waals surface area contributed by atoms with Crippen molar-refractivity contribution in [1.82, 2.24) is 4.90 Å². The maximum atomic E-state index is 12.8. The Kier molecular flexibility index (Phi) is 5.49. The highest BCUT2D eigenvalue weighted by atomic mass is 16.5. The molecule has 0 aromatic heterocycles. The molecule has 2 aromatic rings. The Morgan fingerprint density at radius 1 is 1.00 bits per heavy atom. The zero-order chi connectivity index (χ0) is 19.6. The lowest BCUT2D eigenvalue weighted by Crippen LogP contribution is -2.54. The largest absolute Gasteiger partial charge is 0.481 e. The van der Waals surface area contributed by atoms with E-state index in [1.165, 1.54) is 0 Å². The van der Waals surface area contributed by atoms with Gasteiger partial charge in [0, 0.05) is 18.8 Å². The van der Waals surface area contributed by atoms with E-state index in [1.54, 1.807) is 16.7 Å². The zero-order valence-corrected chi connectivity index (χ0v) is 16.4. The second-order valence-electron chi connectivity index (χ2n) is 7.17. The third kappa shape index (κ3) is 4.30. The fraction of sp³-hybridized carbons (Fsp3) is 0.364. The van der Waals surface area contributed by atoms with Crippen molar-refractivity contribution in [2.24, 2.45) is 0 Å². The summed E-state index contributed by atoms with van der Waals surface area (Å²) >= 11 is 0. The Labute approximate surface area is 160 Å². The molecule has 5 nitrogen and oxygen atoms in total. The molecule has 1 aliphatic rings. The van der Waals surface area contributed by atoms with Crippen LogP contribution in [0.2, 0.25) is 0 Å². The quantitative estimate of drug-likeness (QED) is 0.835. The first-order chi connectivity index (χ1) is 12.8. The summed E-state index contributed by atoms with van der Waals surface area (Å²) in [6.45, 7) is 8.76. The molecular formula is C22H26N2O3. The number of anilines is 1. The number of hydrogen-bond donors (Lipinski definition) is 0. The van der Waals surface area contributed by atoms with Gasteiger partial charge < -0.3 is 14.5 Å². The van der Waals surface area contributed by atoms with Crippen molar-refractivity contribution in [1.29, 1.82) is 0 Å². The normalized spacial score (nSPS) is 15.6. The van der Waals surface area contributed by atoms with Gasteiger partial charge in [0.15, 0.2) is 6.10 Å². The zero-order valence-electron chi connectivity index (χ0n) is 16.4. The van der Waals surface area contributed by atoms with Gasteiger partial charge in [0.25, 0.3) is 5.91 Å². The molecule has 1 heterocycles. The van der Waals surface area contributed by atoms with Gasteiger partial charge in [0.1, 0.15) is 12.3 Å². The molecule has 0 saturated carbocycles. The number of aryl methyl sites for hydroxylation is 3. The standard InChI is InChI=1S/C22H26N2O3/c1-15-6-9-19(10-7-15)24-12-11-23(14-21(24)25)22(26)18(4)27-20-13-16(2)5-8-17(20)3/h5-10,13,18H,11-12,14H2,1-4H3/t18-/m1/s1. The minimum atomic E-state index is -0.635. The average molecular weight is 366 g/mol. The first-order valence-electron chi connectivity index (χ1n) is 9.25. The monoisotopic (exact) mass is 366 g/mol. The van der Waals surface area contributed by atoms with Crippen LogP contribution < -0.4 is 9.64 Å². The van der Waals surface area contributed by atoms with Crippen molar-refractivity contribution in [3.05, 3.63) is 59.2 Å². The van der Waals surface area contributed by atoms with E-state index in [-0.39, 0.29) is 18.4 Å². The van der Waals surface area contributed by atoms with Gasteiger partial charge >= 0.3 is 0 Å². The smallest absolute Gasteiger partial charge is 0.263 e. The molecule has 0 bridgehead atoms. The second kappa shape index (κ2) is 7.82. The topological polar surface area (TPSA) is 49.9 Å². The maximum absolute atomic E-state index is 12.8. The van der Waals surface area contributed by atoms with E-state index in [0.717, 1.165) is 22.4 Å². The van der Waals surface area contributed by atoms with Crippen LogP contribution in [0.3, 0.4) is 0 Å². The minimum Gasteiger partial charge on any atom is -0.481 e. The van der Waals surface area contributed by atoms with Gasteiger partial charge in [-0.05, 0) is 57.0 Å². The Morgan fingerprint density at radius 3 is 2.33 bits per heavy atom. The first-order valence-corrected chi connectivity index (χ1v) is 9.25. The summed E-state index contributed by atoms with van der Waals surface area (Å²) in [5, 5.41) is 0. The molecule has 0 radical (unpaired) electrons. The predicted octanol–water partition coefficient (Wildman–Crippen LogP) is 3.25. The van der Waals surface area contributed by atoms with Crippen LogP contribution in [-0.2, 0) is 9.59 Å². The summed E-state index contributed by atoms with van der Waals surface area (Å²) in [6.07, 6.45) is -0.635. The van der Waals surface area contributed by atoms with Gasteiger partial charge in [-0.2, -0.15) is 0 Å². The van der Waals surface area contributed by atoms with Gasteiger partial charge in [-0.25, -0.2) is 0 Å². The van der Waals surface area contributed by atoms with E-state index in [2.05, 4.69) is 0 Å². The molecular weight excluding hydrogens is 340 g/mol. The number of benzene rings is 2. The molecule has 1 saturated heterocycles. The predicted molar refractivity (Wildman–Crippen MR) is 106 cm³/mol. The van der Waals surface area contributed by atoms with E-state index in [0.29, 0.717) is 18.8 Å². The minimum absolute atomic E-state index is 0.0719. The third-order valence-electron chi connectivity index (χ3n) is 4.87. The fourth-order valence-corrected chi connectivity index (χ4v) is 3.19. The van der Waals surface area contributed by atoms with Crippen molar-refractivity contribution in [2.75, 3.05) is 24.5 Å². The van der Waals surface area contributed by atoms with Crippen LogP contribution >= 0.6 is 0 Å². The Morgan fingerprint density at radius 2 is 1.67 bits per heavy atom. The maximum Gasteiger partial charge on any atom is 0.263 e. The molecule has 27 heavy (non-hydrogen) atoms. The van der Waals surface area contributed by atoms with Crippen LogP contribution in [-0.4, -0.2) is 42.5 Å². The van der Waals surface area contributed by atoms with Crippen molar-refractivity contribution >= 4 is 17.5 Å². The van der Waals surface area contributed by atoms with Crippen LogP contribution in [0.25, 0.3) is 0 Å². The Balaban J connectivity index is 1.64. The molecule has 0 N–H and O–H groups in total. The summed E-state index contributed by atoms with van der Waals surface area (Å²) in [5.41, 5.74) is 4.09. The summed E-state index contributed by atoms with van der Waals surface area (Å²) in [5.74, 6) is 0.477. The lowest BCUT2D eigenvalue weighted by Gasteiger charge is -2.35.